The first-order chi connectivity index (χ1) is 9.56. The number of nitrogens with one attached hydrogen (secondary N) is 1. The molecule has 0 spiro atoms. The zero-order valence-corrected chi connectivity index (χ0v) is 12.9. The monoisotopic (exact) mass is 309 g/mol. The molecule has 0 aliphatic heterocycles. The van der Waals surface area contributed by atoms with Crippen LogP contribution in [0.25, 0.3) is 11.3 Å². The molecule has 0 saturated heterocycles. The first-order valence-electron chi connectivity index (χ1n) is 6.61. The van der Waals surface area contributed by atoms with Crippen LogP contribution in [0.2, 0.25) is 0 Å². The number of oxazole rings is 1. The number of benzene rings is 1. The fourth-order valence-corrected chi connectivity index (χ4v) is 1.93. The number of hydrogen-bond donors (Lipinski definition) is 2. The van der Waals surface area contributed by atoms with E-state index in [0.29, 0.717) is 18.1 Å². The first kappa shape index (κ1) is 17.2. The Kier molecular flexibility index (Phi) is 6.39. The van der Waals surface area contributed by atoms with Crippen LogP contribution in [0.4, 0.5) is 5.69 Å². The zero-order chi connectivity index (χ0) is 14.5. The van der Waals surface area contributed by atoms with E-state index in [2.05, 4.69) is 10.3 Å². The molecule has 6 heteroatoms. The summed E-state index contributed by atoms with van der Waals surface area (Å²) in [5.74, 6) is 0.926. The highest BCUT2D eigenvalue weighted by Crippen LogP contribution is 2.20. The van der Waals surface area contributed by atoms with Gasteiger partial charge in [-0.15, -0.1) is 12.4 Å². The predicted octanol–water partition coefficient (Wildman–Crippen LogP) is 3.08. The normalized spacial score (nSPS) is 11.8. The van der Waals surface area contributed by atoms with E-state index in [1.54, 1.807) is 6.20 Å². The molecule has 1 heterocycles. The van der Waals surface area contributed by atoms with E-state index in [9.17, 15) is 4.79 Å². The third-order valence-corrected chi connectivity index (χ3v) is 2.93. The zero-order valence-electron chi connectivity index (χ0n) is 12.1. The van der Waals surface area contributed by atoms with Gasteiger partial charge >= 0.3 is 0 Å². The van der Waals surface area contributed by atoms with Gasteiger partial charge in [-0.05, 0) is 36.6 Å². The summed E-state index contributed by atoms with van der Waals surface area (Å²) in [5, 5.41) is 2.81. The Labute approximate surface area is 130 Å². The Morgan fingerprint density at radius 2 is 2.00 bits per heavy atom. The molecular weight excluding hydrogens is 290 g/mol. The molecule has 0 bridgehead atoms. The molecule has 5 nitrogen and oxygen atoms in total. The summed E-state index contributed by atoms with van der Waals surface area (Å²) in [5.41, 5.74) is 7.47. The van der Waals surface area contributed by atoms with Crippen molar-refractivity contribution in [3.63, 3.8) is 0 Å². The Morgan fingerprint density at radius 3 is 2.52 bits per heavy atom. The highest BCUT2D eigenvalue weighted by Gasteiger charge is 2.15. The third kappa shape index (κ3) is 4.88. The Morgan fingerprint density at radius 1 is 1.33 bits per heavy atom. The molecule has 0 aliphatic carbocycles. The van der Waals surface area contributed by atoms with E-state index < -0.39 is 6.04 Å². The predicted molar refractivity (Wildman–Crippen MR) is 85.2 cm³/mol. The molecule has 0 fully saturated rings. The number of rotatable bonds is 5. The van der Waals surface area contributed by atoms with Crippen LogP contribution in [0.1, 0.15) is 20.3 Å². The maximum atomic E-state index is 11.9. The fourth-order valence-electron chi connectivity index (χ4n) is 1.93. The van der Waals surface area contributed by atoms with Crippen molar-refractivity contribution in [2.75, 3.05) is 5.32 Å². The number of nitrogens with two attached hydrogens (primary N) is 1. The second kappa shape index (κ2) is 7.81. The summed E-state index contributed by atoms with van der Waals surface area (Å²) in [6, 6.07) is 6.88. The first-order valence-corrected chi connectivity index (χ1v) is 6.61. The number of hydrogen-bond acceptors (Lipinski definition) is 4. The van der Waals surface area contributed by atoms with E-state index in [4.69, 9.17) is 10.2 Å². The maximum absolute atomic E-state index is 11.9. The summed E-state index contributed by atoms with van der Waals surface area (Å²) in [4.78, 5) is 15.8. The van der Waals surface area contributed by atoms with Crippen molar-refractivity contribution in [3.8, 4) is 11.3 Å². The van der Waals surface area contributed by atoms with Crippen LogP contribution in [0.15, 0.2) is 41.3 Å². The highest BCUT2D eigenvalue weighted by atomic mass is 35.5. The van der Waals surface area contributed by atoms with Gasteiger partial charge in [0.1, 0.15) is 0 Å². The van der Waals surface area contributed by atoms with Gasteiger partial charge in [0.25, 0.3) is 0 Å². The average Bonchev–Trinajstić information content (AvgIpc) is 2.92. The molecule has 2 rings (SSSR count). The summed E-state index contributed by atoms with van der Waals surface area (Å²) >= 11 is 0. The highest BCUT2D eigenvalue weighted by molar-refractivity contribution is 5.94. The van der Waals surface area contributed by atoms with Crippen LogP contribution < -0.4 is 11.1 Å². The van der Waals surface area contributed by atoms with E-state index in [0.717, 1.165) is 11.3 Å². The van der Waals surface area contributed by atoms with Gasteiger partial charge in [-0.1, -0.05) is 13.8 Å². The van der Waals surface area contributed by atoms with Gasteiger partial charge in [0.15, 0.2) is 12.2 Å². The van der Waals surface area contributed by atoms with E-state index in [1.165, 1.54) is 6.39 Å². The number of aromatic nitrogens is 1. The summed E-state index contributed by atoms with van der Waals surface area (Å²) < 4.78 is 5.20. The molecule has 0 radical (unpaired) electrons. The molecule has 21 heavy (non-hydrogen) atoms. The Bertz CT molecular complexity index is 553. The van der Waals surface area contributed by atoms with Gasteiger partial charge in [-0.25, -0.2) is 4.98 Å². The van der Waals surface area contributed by atoms with Crippen molar-refractivity contribution in [1.29, 1.82) is 0 Å². The topological polar surface area (TPSA) is 81.2 Å². The van der Waals surface area contributed by atoms with Crippen molar-refractivity contribution >= 4 is 24.0 Å². The Balaban J connectivity index is 0.00000220. The van der Waals surface area contributed by atoms with Crippen molar-refractivity contribution in [2.45, 2.75) is 26.3 Å². The second-order valence-electron chi connectivity index (χ2n) is 5.17. The molecule has 3 N–H and O–H groups in total. The molecule has 1 aromatic carbocycles. The minimum atomic E-state index is -0.482. The number of carbonyl (C=O) groups excluding carboxylic acids is 1. The number of halogens is 1. The van der Waals surface area contributed by atoms with E-state index in [-0.39, 0.29) is 18.3 Å². The van der Waals surface area contributed by atoms with Crippen LogP contribution in [0.5, 0.6) is 0 Å². The molecule has 114 valence electrons. The standard InChI is InChI=1S/C15H19N3O2.ClH/c1-10(2)7-13(16)15(19)18-12-5-3-11(4-6-12)14-8-17-9-20-14;/h3-6,8-10,13H,7,16H2,1-2H3,(H,18,19);1H/t13-;/m0./s1. The minimum absolute atomic E-state index is 0. The van der Waals surface area contributed by atoms with E-state index >= 15 is 0 Å². The summed E-state index contributed by atoms with van der Waals surface area (Å²) in [6.45, 7) is 4.08. The maximum Gasteiger partial charge on any atom is 0.241 e. The van der Waals surface area contributed by atoms with Gasteiger partial charge in [-0.2, -0.15) is 0 Å². The molecule has 0 saturated carbocycles. The van der Waals surface area contributed by atoms with Gasteiger partial charge < -0.3 is 15.5 Å². The van der Waals surface area contributed by atoms with Crippen LogP contribution in [0, 0.1) is 5.92 Å². The van der Waals surface area contributed by atoms with Crippen molar-refractivity contribution < 1.29 is 9.21 Å². The lowest BCUT2D eigenvalue weighted by molar-refractivity contribution is -0.117. The van der Waals surface area contributed by atoms with Crippen LogP contribution in [-0.2, 0) is 4.79 Å². The number of amides is 1. The average molecular weight is 310 g/mol. The van der Waals surface area contributed by atoms with Gasteiger partial charge in [0, 0.05) is 11.3 Å². The lowest BCUT2D eigenvalue weighted by Gasteiger charge is -2.14. The number of carbonyl (C=O) groups is 1. The smallest absolute Gasteiger partial charge is 0.241 e. The van der Waals surface area contributed by atoms with Crippen LogP contribution in [0.3, 0.4) is 0 Å². The third-order valence-electron chi connectivity index (χ3n) is 2.93. The molecular formula is C15H20ClN3O2. The lowest BCUT2D eigenvalue weighted by Crippen LogP contribution is -2.36. The Hall–Kier alpha value is -1.85. The molecule has 1 atom stereocenters. The quantitative estimate of drug-likeness (QED) is 0.889. The van der Waals surface area contributed by atoms with Crippen molar-refractivity contribution in [1.82, 2.24) is 4.98 Å². The fraction of sp³-hybridized carbons (Fsp3) is 0.333. The van der Waals surface area contributed by atoms with Crippen LogP contribution in [-0.4, -0.2) is 16.9 Å². The van der Waals surface area contributed by atoms with E-state index in [1.807, 2.05) is 38.1 Å². The number of nitrogens with zero attached hydrogens (tertiary/aromatic N) is 1. The van der Waals surface area contributed by atoms with Gasteiger partial charge in [-0.3, -0.25) is 4.79 Å². The molecule has 2 aromatic rings. The largest absolute Gasteiger partial charge is 0.444 e. The number of anilines is 1. The van der Waals surface area contributed by atoms with Crippen LogP contribution >= 0.6 is 12.4 Å². The minimum Gasteiger partial charge on any atom is -0.444 e. The molecule has 1 amide bonds. The lowest BCUT2D eigenvalue weighted by atomic mass is 10.0. The summed E-state index contributed by atoms with van der Waals surface area (Å²) in [7, 11) is 0. The SMILES string of the molecule is CC(C)C[C@H](N)C(=O)Nc1ccc(-c2cnco2)cc1.Cl. The molecule has 0 unspecified atom stereocenters. The molecule has 1 aromatic heterocycles. The second-order valence-corrected chi connectivity index (χ2v) is 5.17. The van der Waals surface area contributed by atoms with Gasteiger partial charge in [0.2, 0.25) is 5.91 Å². The van der Waals surface area contributed by atoms with Crippen molar-refractivity contribution in [2.24, 2.45) is 11.7 Å². The van der Waals surface area contributed by atoms with Crippen molar-refractivity contribution in [3.05, 3.63) is 36.9 Å². The summed E-state index contributed by atoms with van der Waals surface area (Å²) in [6.07, 6.45) is 3.70. The molecule has 0 aliphatic rings. The van der Waals surface area contributed by atoms with Gasteiger partial charge in [0.05, 0.1) is 12.2 Å².